The average Bonchev–Trinajstić information content (AvgIpc) is 2.25. The van der Waals surface area contributed by atoms with Crippen LogP contribution in [0.15, 0.2) is 0 Å². The molecule has 0 saturated heterocycles. The first-order valence-corrected chi connectivity index (χ1v) is 7.42. The molecule has 4 aliphatic carbocycles. The number of rotatable bonds is 4. The van der Waals surface area contributed by atoms with Crippen molar-refractivity contribution in [1.29, 1.82) is 0 Å². The number of ether oxygens (including phenoxy) is 1. The van der Waals surface area contributed by atoms with Gasteiger partial charge < -0.3 is 9.84 Å². The molecule has 1 atom stereocenters. The molecule has 0 aromatic carbocycles. The highest BCUT2D eigenvalue weighted by atomic mass is 16.5. The normalized spacial score (nSPS) is 43.4. The van der Waals surface area contributed by atoms with Gasteiger partial charge in [-0.05, 0) is 61.7 Å². The summed E-state index contributed by atoms with van der Waals surface area (Å²) in [5, 5.41) is 9.27. The topological polar surface area (TPSA) is 46.5 Å². The van der Waals surface area contributed by atoms with Crippen LogP contribution in [0, 0.1) is 29.6 Å². The molecule has 0 amide bonds. The first kappa shape index (κ1) is 12.5. The van der Waals surface area contributed by atoms with Crippen LogP contribution in [0.1, 0.15) is 46.0 Å². The molecule has 102 valence electrons. The minimum atomic E-state index is -0.793. The Morgan fingerprint density at radius 3 is 1.94 bits per heavy atom. The van der Waals surface area contributed by atoms with Crippen molar-refractivity contribution in [3.63, 3.8) is 0 Å². The van der Waals surface area contributed by atoms with Gasteiger partial charge in [0, 0.05) is 0 Å². The molecule has 1 N–H and O–H groups in total. The van der Waals surface area contributed by atoms with Crippen molar-refractivity contribution < 1.29 is 14.6 Å². The molecule has 0 aromatic rings. The predicted octanol–water partition coefficient (Wildman–Crippen LogP) is 2.94. The van der Waals surface area contributed by atoms with Crippen molar-refractivity contribution in [1.82, 2.24) is 0 Å². The van der Waals surface area contributed by atoms with Crippen LogP contribution in [0.5, 0.6) is 0 Å². The van der Waals surface area contributed by atoms with Crippen LogP contribution < -0.4 is 0 Å². The van der Waals surface area contributed by atoms with E-state index in [4.69, 9.17) is 4.74 Å². The van der Waals surface area contributed by atoms with Gasteiger partial charge in [-0.2, -0.15) is 0 Å². The summed E-state index contributed by atoms with van der Waals surface area (Å²) in [6.45, 7) is 3.88. The van der Waals surface area contributed by atoms with E-state index in [1.54, 1.807) is 0 Å². The monoisotopic (exact) mass is 252 g/mol. The average molecular weight is 252 g/mol. The Balaban J connectivity index is 1.71. The Hall–Kier alpha value is -0.570. The van der Waals surface area contributed by atoms with E-state index in [0.717, 1.165) is 11.8 Å². The van der Waals surface area contributed by atoms with Crippen LogP contribution in [0.3, 0.4) is 0 Å². The highest BCUT2D eigenvalue weighted by molar-refractivity contribution is 5.72. The third kappa shape index (κ3) is 2.07. The summed E-state index contributed by atoms with van der Waals surface area (Å²) in [4.78, 5) is 11.3. The van der Waals surface area contributed by atoms with Crippen LogP contribution in [-0.2, 0) is 9.53 Å². The molecule has 0 aliphatic heterocycles. The van der Waals surface area contributed by atoms with E-state index in [0.29, 0.717) is 11.8 Å². The zero-order valence-corrected chi connectivity index (χ0v) is 11.3. The number of carboxylic acid groups (broad SMARTS) is 1. The molecular formula is C15H24O3. The zero-order chi connectivity index (χ0) is 12.9. The fraction of sp³-hybridized carbons (Fsp3) is 0.933. The lowest BCUT2D eigenvalue weighted by molar-refractivity contribution is -0.183. The maximum Gasteiger partial charge on any atom is 0.333 e. The largest absolute Gasteiger partial charge is 0.479 e. The second-order valence-corrected chi connectivity index (χ2v) is 7.03. The third-order valence-electron chi connectivity index (χ3n) is 5.29. The minimum Gasteiger partial charge on any atom is -0.479 e. The molecule has 0 spiro atoms. The summed E-state index contributed by atoms with van der Waals surface area (Å²) in [6, 6.07) is 0. The standard InChI is InChI=1S/C15H24O3/c1-8(2)13(15(16)17)18-14-11-4-9-3-10(6-11)7-12(14)5-9/h8-14H,3-7H2,1-2H3,(H,16,17). The number of carboxylic acids is 1. The summed E-state index contributed by atoms with van der Waals surface area (Å²) in [5.74, 6) is 2.37. The van der Waals surface area contributed by atoms with Crippen LogP contribution in [-0.4, -0.2) is 23.3 Å². The first-order chi connectivity index (χ1) is 8.54. The predicted molar refractivity (Wildman–Crippen MR) is 68.2 cm³/mol. The number of carbonyl (C=O) groups is 1. The van der Waals surface area contributed by atoms with E-state index in [9.17, 15) is 9.90 Å². The number of hydrogen-bond acceptors (Lipinski definition) is 2. The van der Waals surface area contributed by atoms with E-state index in [-0.39, 0.29) is 12.0 Å². The van der Waals surface area contributed by atoms with Crippen molar-refractivity contribution in [2.75, 3.05) is 0 Å². The lowest BCUT2D eigenvalue weighted by Gasteiger charge is -2.54. The number of aliphatic carboxylic acids is 1. The quantitative estimate of drug-likeness (QED) is 0.836. The Kier molecular flexibility index (Phi) is 3.13. The molecule has 3 heteroatoms. The second-order valence-electron chi connectivity index (χ2n) is 7.03. The molecule has 4 fully saturated rings. The van der Waals surface area contributed by atoms with Crippen molar-refractivity contribution in [3.8, 4) is 0 Å². The summed E-state index contributed by atoms with van der Waals surface area (Å²) < 4.78 is 6.05. The molecule has 0 heterocycles. The molecule has 4 aliphatic rings. The van der Waals surface area contributed by atoms with Crippen molar-refractivity contribution in [3.05, 3.63) is 0 Å². The van der Waals surface area contributed by atoms with Gasteiger partial charge >= 0.3 is 5.97 Å². The lowest BCUT2D eigenvalue weighted by Crippen LogP contribution is -2.51. The molecule has 4 bridgehead atoms. The minimum absolute atomic E-state index is 0.0553. The Morgan fingerprint density at radius 2 is 1.56 bits per heavy atom. The Bertz CT molecular complexity index is 309. The van der Waals surface area contributed by atoms with Gasteiger partial charge in [-0.15, -0.1) is 0 Å². The van der Waals surface area contributed by atoms with Gasteiger partial charge in [0.1, 0.15) is 0 Å². The molecule has 18 heavy (non-hydrogen) atoms. The molecule has 0 radical (unpaired) electrons. The molecule has 4 rings (SSSR count). The fourth-order valence-electron chi connectivity index (χ4n) is 4.77. The van der Waals surface area contributed by atoms with Gasteiger partial charge in [0.25, 0.3) is 0 Å². The van der Waals surface area contributed by atoms with Crippen LogP contribution in [0.2, 0.25) is 0 Å². The Labute approximate surface area is 109 Å². The molecular weight excluding hydrogens is 228 g/mol. The maximum atomic E-state index is 11.3. The van der Waals surface area contributed by atoms with Crippen LogP contribution in [0.4, 0.5) is 0 Å². The Morgan fingerprint density at radius 1 is 1.06 bits per heavy atom. The second kappa shape index (κ2) is 4.52. The maximum absolute atomic E-state index is 11.3. The van der Waals surface area contributed by atoms with Crippen molar-refractivity contribution >= 4 is 5.97 Å². The summed E-state index contributed by atoms with van der Waals surface area (Å²) in [6.07, 6.45) is 6.15. The van der Waals surface area contributed by atoms with Gasteiger partial charge in [0.15, 0.2) is 6.10 Å². The SMILES string of the molecule is CC(C)C(OC1C2CC3CC(C2)CC1C3)C(=O)O. The fourth-order valence-corrected chi connectivity index (χ4v) is 4.77. The highest BCUT2D eigenvalue weighted by Crippen LogP contribution is 2.54. The zero-order valence-electron chi connectivity index (χ0n) is 11.3. The van der Waals surface area contributed by atoms with Gasteiger partial charge in [0.05, 0.1) is 6.10 Å². The summed E-state index contributed by atoms with van der Waals surface area (Å²) >= 11 is 0. The van der Waals surface area contributed by atoms with Gasteiger partial charge in [-0.25, -0.2) is 4.79 Å². The lowest BCUT2D eigenvalue weighted by atomic mass is 9.55. The van der Waals surface area contributed by atoms with Crippen molar-refractivity contribution in [2.24, 2.45) is 29.6 Å². The van der Waals surface area contributed by atoms with Crippen LogP contribution >= 0.6 is 0 Å². The van der Waals surface area contributed by atoms with E-state index in [2.05, 4.69) is 0 Å². The summed E-state index contributed by atoms with van der Waals surface area (Å²) in [5.41, 5.74) is 0. The van der Waals surface area contributed by atoms with E-state index >= 15 is 0 Å². The van der Waals surface area contributed by atoms with Gasteiger partial charge in [-0.3, -0.25) is 0 Å². The smallest absolute Gasteiger partial charge is 0.333 e. The molecule has 1 unspecified atom stereocenters. The summed E-state index contributed by atoms with van der Waals surface area (Å²) in [7, 11) is 0. The van der Waals surface area contributed by atoms with Crippen molar-refractivity contribution in [2.45, 2.75) is 58.2 Å². The van der Waals surface area contributed by atoms with E-state index < -0.39 is 12.1 Å². The first-order valence-electron chi connectivity index (χ1n) is 7.42. The highest BCUT2D eigenvalue weighted by Gasteiger charge is 2.49. The number of hydrogen-bond donors (Lipinski definition) is 1. The van der Waals surface area contributed by atoms with Gasteiger partial charge in [0.2, 0.25) is 0 Å². The molecule has 3 nitrogen and oxygen atoms in total. The van der Waals surface area contributed by atoms with Crippen LogP contribution in [0.25, 0.3) is 0 Å². The van der Waals surface area contributed by atoms with Gasteiger partial charge in [-0.1, -0.05) is 13.8 Å². The van der Waals surface area contributed by atoms with E-state index in [1.165, 1.54) is 32.1 Å². The third-order valence-corrected chi connectivity index (χ3v) is 5.29. The van der Waals surface area contributed by atoms with E-state index in [1.807, 2.05) is 13.8 Å². The molecule has 0 aromatic heterocycles. The molecule has 4 saturated carbocycles.